The van der Waals surface area contributed by atoms with Crippen molar-refractivity contribution in [2.45, 2.75) is 13.5 Å². The van der Waals surface area contributed by atoms with Crippen molar-refractivity contribution in [3.05, 3.63) is 57.6 Å². The average Bonchev–Trinajstić information content (AvgIpc) is 2.66. The van der Waals surface area contributed by atoms with Gasteiger partial charge in [-0.25, -0.2) is 0 Å². The number of nitro benzene ring substituents is 1. The Labute approximate surface area is 157 Å². The van der Waals surface area contributed by atoms with Crippen LogP contribution in [0.2, 0.25) is 0 Å². The van der Waals surface area contributed by atoms with Crippen molar-refractivity contribution in [1.82, 2.24) is 5.32 Å². The molecule has 0 unspecified atom stereocenters. The molecule has 1 amide bonds. The minimum Gasteiger partial charge on any atom is -0.493 e. The molecule has 0 atom stereocenters. The molecule has 0 saturated carbocycles. The summed E-state index contributed by atoms with van der Waals surface area (Å²) in [5, 5.41) is 14.1. The number of amides is 1. The number of ether oxygens (including phenoxy) is 2. The number of methoxy groups -OCH3 is 1. The first kappa shape index (κ1) is 20.0. The van der Waals surface area contributed by atoms with E-state index in [4.69, 9.17) is 9.47 Å². The molecule has 0 saturated heterocycles. The lowest BCUT2D eigenvalue weighted by molar-refractivity contribution is -0.385. The molecule has 0 aliphatic carbocycles. The smallest absolute Gasteiger partial charge is 0.286 e. The van der Waals surface area contributed by atoms with Crippen LogP contribution in [0.25, 0.3) is 0 Å². The van der Waals surface area contributed by atoms with Crippen molar-refractivity contribution >= 4 is 17.3 Å². The minimum atomic E-state index is -0.611. The van der Waals surface area contributed by atoms with Crippen LogP contribution in [0.3, 0.4) is 0 Å². The highest BCUT2D eigenvalue weighted by Crippen LogP contribution is 2.34. The second kappa shape index (κ2) is 8.88. The van der Waals surface area contributed by atoms with Crippen molar-refractivity contribution in [1.29, 1.82) is 0 Å². The number of carbonyl (C=O) groups excluding carboxylic acids is 1. The Hall–Kier alpha value is -3.29. The third kappa shape index (κ3) is 4.87. The molecule has 27 heavy (non-hydrogen) atoms. The number of rotatable bonds is 8. The van der Waals surface area contributed by atoms with Gasteiger partial charge in [0.25, 0.3) is 11.6 Å². The summed E-state index contributed by atoms with van der Waals surface area (Å²) in [5.74, 6) is -0.0651. The summed E-state index contributed by atoms with van der Waals surface area (Å²) in [4.78, 5) is 25.3. The van der Waals surface area contributed by atoms with E-state index in [-0.39, 0.29) is 29.3 Å². The lowest BCUT2D eigenvalue weighted by Crippen LogP contribution is -2.24. The highest BCUT2D eigenvalue weighted by atomic mass is 16.6. The number of nitro groups is 1. The van der Waals surface area contributed by atoms with Crippen molar-refractivity contribution in [3.8, 4) is 11.5 Å². The van der Waals surface area contributed by atoms with Crippen LogP contribution in [0.5, 0.6) is 11.5 Å². The fourth-order valence-electron chi connectivity index (χ4n) is 2.53. The van der Waals surface area contributed by atoms with Crippen LogP contribution in [-0.2, 0) is 6.54 Å². The maximum atomic E-state index is 12.6. The Morgan fingerprint density at radius 2 is 1.96 bits per heavy atom. The third-order valence-electron chi connectivity index (χ3n) is 3.90. The molecule has 0 aliphatic rings. The molecule has 0 radical (unpaired) electrons. The molecule has 2 aromatic rings. The molecule has 0 bridgehead atoms. The largest absolute Gasteiger partial charge is 0.493 e. The molecule has 8 heteroatoms. The number of carbonyl (C=O) groups is 1. The van der Waals surface area contributed by atoms with Crippen LogP contribution < -0.4 is 19.7 Å². The summed E-state index contributed by atoms with van der Waals surface area (Å²) >= 11 is 0. The highest BCUT2D eigenvalue weighted by Gasteiger charge is 2.24. The molecular weight excluding hydrogens is 350 g/mol. The van der Waals surface area contributed by atoms with Gasteiger partial charge in [-0.2, -0.15) is 0 Å². The summed E-state index contributed by atoms with van der Waals surface area (Å²) in [5.41, 5.74) is 1.47. The van der Waals surface area contributed by atoms with Crippen molar-refractivity contribution in [3.63, 3.8) is 0 Å². The standard InChI is InChI=1S/C19H23N3O5/c1-5-27-18-10-15(16(22(24)25)11-17(18)26-4)19(23)20-12-13-7-6-8-14(9-13)21(2)3/h6-11H,5,12H2,1-4H3,(H,20,23). The minimum absolute atomic E-state index is 0.0759. The Kier molecular flexibility index (Phi) is 6.59. The molecular formula is C19H23N3O5. The van der Waals surface area contributed by atoms with Crippen molar-refractivity contribution in [2.75, 3.05) is 32.7 Å². The average molecular weight is 373 g/mol. The van der Waals surface area contributed by atoms with Gasteiger partial charge in [0, 0.05) is 32.4 Å². The summed E-state index contributed by atoms with van der Waals surface area (Å²) in [6.45, 7) is 2.36. The van der Waals surface area contributed by atoms with E-state index >= 15 is 0 Å². The van der Waals surface area contributed by atoms with Gasteiger partial charge in [-0.3, -0.25) is 14.9 Å². The third-order valence-corrected chi connectivity index (χ3v) is 3.90. The van der Waals surface area contributed by atoms with Gasteiger partial charge < -0.3 is 19.7 Å². The Bertz CT molecular complexity index is 836. The van der Waals surface area contributed by atoms with Crippen LogP contribution in [0, 0.1) is 10.1 Å². The molecule has 1 N–H and O–H groups in total. The summed E-state index contributed by atoms with van der Waals surface area (Å²) in [7, 11) is 5.24. The zero-order valence-corrected chi connectivity index (χ0v) is 15.8. The lowest BCUT2D eigenvalue weighted by Gasteiger charge is -2.14. The number of hydrogen-bond donors (Lipinski definition) is 1. The SMILES string of the molecule is CCOc1cc(C(=O)NCc2cccc(N(C)C)c2)c([N+](=O)[O-])cc1OC. The maximum Gasteiger partial charge on any atom is 0.286 e. The van der Waals surface area contributed by atoms with Gasteiger partial charge in [-0.1, -0.05) is 12.1 Å². The van der Waals surface area contributed by atoms with Gasteiger partial charge in [0.15, 0.2) is 11.5 Å². The van der Waals surface area contributed by atoms with E-state index < -0.39 is 10.8 Å². The summed E-state index contributed by atoms with van der Waals surface area (Å²) in [6.07, 6.45) is 0. The number of hydrogen-bond acceptors (Lipinski definition) is 6. The van der Waals surface area contributed by atoms with Gasteiger partial charge in [-0.05, 0) is 24.6 Å². The second-order valence-corrected chi connectivity index (χ2v) is 5.96. The highest BCUT2D eigenvalue weighted by molar-refractivity contribution is 5.99. The molecule has 144 valence electrons. The molecule has 0 heterocycles. The maximum absolute atomic E-state index is 12.6. The quantitative estimate of drug-likeness (QED) is 0.565. The Balaban J connectivity index is 2.27. The number of anilines is 1. The summed E-state index contributed by atoms with van der Waals surface area (Å²) < 4.78 is 10.5. The second-order valence-electron chi connectivity index (χ2n) is 5.96. The van der Waals surface area contributed by atoms with E-state index in [9.17, 15) is 14.9 Å². The Morgan fingerprint density at radius 3 is 2.56 bits per heavy atom. The van der Waals surface area contributed by atoms with Crippen LogP contribution in [0.4, 0.5) is 11.4 Å². The first-order chi connectivity index (χ1) is 12.9. The van der Waals surface area contributed by atoms with Gasteiger partial charge in [0.2, 0.25) is 0 Å². The van der Waals surface area contributed by atoms with E-state index in [1.54, 1.807) is 6.92 Å². The zero-order chi connectivity index (χ0) is 20.0. The van der Waals surface area contributed by atoms with E-state index in [0.717, 1.165) is 11.3 Å². The predicted molar refractivity (Wildman–Crippen MR) is 103 cm³/mol. The summed E-state index contributed by atoms with van der Waals surface area (Å²) in [6, 6.07) is 10.2. The molecule has 0 aliphatic heterocycles. The van der Waals surface area contributed by atoms with E-state index in [0.29, 0.717) is 6.61 Å². The van der Waals surface area contributed by atoms with E-state index in [1.807, 2.05) is 43.3 Å². The molecule has 8 nitrogen and oxygen atoms in total. The Morgan fingerprint density at radius 1 is 1.22 bits per heavy atom. The van der Waals surface area contributed by atoms with Crippen molar-refractivity contribution in [2.24, 2.45) is 0 Å². The first-order valence-electron chi connectivity index (χ1n) is 8.41. The monoisotopic (exact) mass is 373 g/mol. The van der Waals surface area contributed by atoms with Crippen LogP contribution in [-0.4, -0.2) is 38.6 Å². The number of benzene rings is 2. The fraction of sp³-hybridized carbons (Fsp3) is 0.316. The zero-order valence-electron chi connectivity index (χ0n) is 15.8. The molecule has 0 spiro atoms. The van der Waals surface area contributed by atoms with E-state index in [1.165, 1.54) is 19.2 Å². The molecule has 2 aromatic carbocycles. The fourth-order valence-corrected chi connectivity index (χ4v) is 2.53. The van der Waals surface area contributed by atoms with Crippen LogP contribution in [0.15, 0.2) is 36.4 Å². The topological polar surface area (TPSA) is 93.9 Å². The molecule has 0 aromatic heterocycles. The van der Waals surface area contributed by atoms with Gasteiger partial charge in [0.05, 0.1) is 24.7 Å². The van der Waals surface area contributed by atoms with Crippen LogP contribution in [0.1, 0.15) is 22.8 Å². The number of nitrogens with zero attached hydrogens (tertiary/aromatic N) is 2. The predicted octanol–water partition coefficient (Wildman–Crippen LogP) is 3.00. The van der Waals surface area contributed by atoms with Crippen LogP contribution >= 0.6 is 0 Å². The molecule has 0 fully saturated rings. The van der Waals surface area contributed by atoms with Gasteiger partial charge in [0.1, 0.15) is 5.56 Å². The normalized spacial score (nSPS) is 10.2. The van der Waals surface area contributed by atoms with Gasteiger partial charge >= 0.3 is 0 Å². The van der Waals surface area contributed by atoms with Crippen molar-refractivity contribution < 1.29 is 19.2 Å². The lowest BCUT2D eigenvalue weighted by atomic mass is 10.1. The van der Waals surface area contributed by atoms with Gasteiger partial charge in [-0.15, -0.1) is 0 Å². The van der Waals surface area contributed by atoms with E-state index in [2.05, 4.69) is 5.32 Å². The first-order valence-corrected chi connectivity index (χ1v) is 8.41. The molecule has 2 rings (SSSR count). The number of nitrogens with one attached hydrogen (secondary N) is 1.